The van der Waals surface area contributed by atoms with Crippen LogP contribution >= 0.6 is 11.3 Å². The van der Waals surface area contributed by atoms with Gasteiger partial charge in [-0.3, -0.25) is 19.0 Å². The molecule has 0 radical (unpaired) electrons. The number of anilines is 1. The monoisotopic (exact) mass is 741 g/mol. The predicted octanol–water partition coefficient (Wildman–Crippen LogP) is 6.46. The third-order valence-corrected chi connectivity index (χ3v) is 13.0. The predicted molar refractivity (Wildman–Crippen MR) is 211 cm³/mol. The molecule has 2 amide bonds. The van der Waals surface area contributed by atoms with Crippen LogP contribution in [0.2, 0.25) is 0 Å². The maximum absolute atomic E-state index is 15.2. The first-order valence-corrected chi connectivity index (χ1v) is 19.4. The zero-order valence-electron chi connectivity index (χ0n) is 30.4. The van der Waals surface area contributed by atoms with Crippen molar-refractivity contribution in [2.45, 2.75) is 38.1 Å². The molecule has 2 bridgehead atoms. The van der Waals surface area contributed by atoms with Gasteiger partial charge in [0.2, 0.25) is 11.8 Å². The van der Waals surface area contributed by atoms with Crippen LogP contribution in [0, 0.1) is 18.8 Å². The van der Waals surface area contributed by atoms with Crippen molar-refractivity contribution in [1.29, 1.82) is 0 Å². The number of thiazole rings is 1. The summed E-state index contributed by atoms with van der Waals surface area (Å²) in [7, 11) is 0. The van der Waals surface area contributed by atoms with Crippen LogP contribution in [-0.4, -0.2) is 29.0 Å². The van der Waals surface area contributed by atoms with Crippen molar-refractivity contribution in [3.63, 3.8) is 0 Å². The van der Waals surface area contributed by atoms with E-state index in [9.17, 15) is 9.59 Å². The number of fused-ring (bicyclic) bond motifs is 2. The zero-order valence-corrected chi connectivity index (χ0v) is 31.2. The van der Waals surface area contributed by atoms with Gasteiger partial charge in [-0.15, -0.1) is 0 Å². The van der Waals surface area contributed by atoms with Gasteiger partial charge in [0.1, 0.15) is 0 Å². The SMILES string of the molecule is CCOC(=O)C1=C(C)N=c2s/c(=C/C34c5ccccc5C(c5ccccc53)[C@@H]3C(=O)N(c5ccc(C)cc5)C(=O)[C@@H]34)c(=O)n2[C@H]1c1cccc2ccccc12. The van der Waals surface area contributed by atoms with Crippen LogP contribution < -0.4 is 19.8 Å². The van der Waals surface area contributed by atoms with Gasteiger partial charge < -0.3 is 4.74 Å². The molecule has 0 unspecified atom stereocenters. The molecule has 8 nitrogen and oxygen atoms in total. The minimum absolute atomic E-state index is 0.166. The van der Waals surface area contributed by atoms with Crippen molar-refractivity contribution >= 4 is 51.7 Å². The summed E-state index contributed by atoms with van der Waals surface area (Å²) < 4.78 is 7.57. The van der Waals surface area contributed by atoms with Crippen molar-refractivity contribution in [3.8, 4) is 0 Å². The highest BCUT2D eigenvalue weighted by atomic mass is 32.1. The highest BCUT2D eigenvalue weighted by Crippen LogP contribution is 2.65. The summed E-state index contributed by atoms with van der Waals surface area (Å²) in [4.78, 5) is 65.4. The number of carbonyl (C=O) groups is 3. The number of esters is 1. The Morgan fingerprint density at radius 1 is 0.800 bits per heavy atom. The van der Waals surface area contributed by atoms with Gasteiger partial charge in [-0.25, -0.2) is 14.7 Å². The van der Waals surface area contributed by atoms with Gasteiger partial charge in [0.25, 0.3) is 5.56 Å². The number of aromatic nitrogens is 1. The van der Waals surface area contributed by atoms with Gasteiger partial charge in [-0.2, -0.15) is 0 Å². The molecule has 3 heterocycles. The van der Waals surface area contributed by atoms with E-state index in [1.165, 1.54) is 16.2 Å². The Bertz CT molecular complexity index is 2830. The van der Waals surface area contributed by atoms with Crippen LogP contribution in [0.25, 0.3) is 16.8 Å². The summed E-state index contributed by atoms with van der Waals surface area (Å²) in [5.74, 6) is -2.87. The highest BCUT2D eigenvalue weighted by Gasteiger charge is 2.67. The second-order valence-electron chi connectivity index (χ2n) is 14.7. The number of rotatable bonds is 5. The largest absolute Gasteiger partial charge is 0.463 e. The molecule has 0 spiro atoms. The lowest BCUT2D eigenvalue weighted by molar-refractivity contribution is -0.139. The normalized spacial score (nSPS) is 23.7. The van der Waals surface area contributed by atoms with E-state index in [4.69, 9.17) is 9.73 Å². The minimum atomic E-state index is -1.16. The van der Waals surface area contributed by atoms with Gasteiger partial charge in [0, 0.05) is 5.92 Å². The van der Waals surface area contributed by atoms with Gasteiger partial charge in [0.05, 0.1) is 51.4 Å². The maximum Gasteiger partial charge on any atom is 0.338 e. The van der Waals surface area contributed by atoms with E-state index in [1.807, 2.05) is 116 Å². The van der Waals surface area contributed by atoms with Crippen LogP contribution in [0.15, 0.2) is 136 Å². The van der Waals surface area contributed by atoms with Crippen LogP contribution in [0.4, 0.5) is 5.69 Å². The highest BCUT2D eigenvalue weighted by molar-refractivity contribution is 7.07. The summed E-state index contributed by atoms with van der Waals surface area (Å²) in [5.41, 5.74) is 5.39. The zero-order chi connectivity index (χ0) is 37.7. The Labute approximate surface area is 320 Å². The lowest BCUT2D eigenvalue weighted by Crippen LogP contribution is -2.53. The van der Waals surface area contributed by atoms with E-state index in [1.54, 1.807) is 18.4 Å². The maximum atomic E-state index is 15.2. The molecule has 3 atom stereocenters. The molecule has 2 aliphatic heterocycles. The van der Waals surface area contributed by atoms with E-state index in [-0.39, 0.29) is 29.9 Å². The van der Waals surface area contributed by atoms with Crippen molar-refractivity contribution in [2.75, 3.05) is 11.5 Å². The lowest BCUT2D eigenvalue weighted by atomic mass is 9.47. The molecular weight excluding hydrogens is 707 g/mol. The molecule has 1 fully saturated rings. The van der Waals surface area contributed by atoms with Gasteiger partial charge in [-0.1, -0.05) is 120 Å². The van der Waals surface area contributed by atoms with Crippen molar-refractivity contribution in [1.82, 2.24) is 4.57 Å². The van der Waals surface area contributed by atoms with Crippen LogP contribution in [-0.2, 0) is 24.5 Å². The number of imide groups is 1. The average molecular weight is 742 g/mol. The number of aryl methyl sites for hydroxylation is 1. The number of amides is 2. The van der Waals surface area contributed by atoms with Crippen molar-refractivity contribution in [2.24, 2.45) is 16.8 Å². The van der Waals surface area contributed by atoms with E-state index >= 15 is 9.59 Å². The number of benzene rings is 5. The molecule has 9 heteroatoms. The molecular formula is C46H35N3O5S. The van der Waals surface area contributed by atoms with Gasteiger partial charge in [0.15, 0.2) is 4.80 Å². The summed E-state index contributed by atoms with van der Waals surface area (Å²) in [6.45, 7) is 5.67. The smallest absolute Gasteiger partial charge is 0.338 e. The van der Waals surface area contributed by atoms with Crippen LogP contribution in [0.3, 0.4) is 0 Å². The molecule has 0 N–H and O–H groups in total. The quantitative estimate of drug-likeness (QED) is 0.149. The molecule has 0 saturated carbocycles. The van der Waals surface area contributed by atoms with E-state index in [0.717, 1.165) is 44.2 Å². The molecule has 55 heavy (non-hydrogen) atoms. The fourth-order valence-corrected chi connectivity index (χ4v) is 10.9. The van der Waals surface area contributed by atoms with Crippen LogP contribution in [0.1, 0.15) is 59.2 Å². The average Bonchev–Trinajstić information content (AvgIpc) is 3.65. The Balaban J connectivity index is 1.26. The number of allylic oxidation sites excluding steroid dienone is 1. The Hall–Kier alpha value is -6.19. The lowest BCUT2D eigenvalue weighted by Gasteiger charge is -2.53. The summed E-state index contributed by atoms with van der Waals surface area (Å²) in [6.07, 6.45) is 1.94. The Morgan fingerprint density at radius 3 is 2.15 bits per heavy atom. The third kappa shape index (κ3) is 4.53. The Kier molecular flexibility index (Phi) is 7.38. The first-order valence-electron chi connectivity index (χ1n) is 18.6. The molecule has 270 valence electrons. The third-order valence-electron chi connectivity index (χ3n) is 12.0. The van der Waals surface area contributed by atoms with E-state index < -0.39 is 29.3 Å². The molecule has 1 saturated heterocycles. The summed E-state index contributed by atoms with van der Waals surface area (Å²) >= 11 is 1.24. The number of carbonyl (C=O) groups excluding carboxylic acids is 3. The summed E-state index contributed by atoms with van der Waals surface area (Å²) in [5, 5.41) is 1.88. The molecule has 3 aliphatic carbocycles. The number of hydrogen-bond donors (Lipinski definition) is 0. The standard InChI is InChI=1S/C46H35N3O5S/c1-4-54-44(53)36-26(3)47-45-49(40(36)30-17-11-13-27-12-5-6-14-29(27)30)41(50)35(55-45)24-46-33-18-9-7-15-31(33)37(32-16-8-10-19-34(32)46)38-39(46)43(52)48(42(38)51)28-22-20-25(2)21-23-28/h5-24,37-40H,4H2,1-3H3/b35-24+/t37?,38-,39+,40-,46?/m0/s1. The second-order valence-corrected chi connectivity index (χ2v) is 15.8. The number of hydrogen-bond acceptors (Lipinski definition) is 7. The molecule has 6 aromatic rings. The van der Waals surface area contributed by atoms with Gasteiger partial charge >= 0.3 is 5.97 Å². The van der Waals surface area contributed by atoms with Crippen LogP contribution in [0.5, 0.6) is 0 Å². The molecule has 11 rings (SSSR count). The minimum Gasteiger partial charge on any atom is -0.463 e. The molecule has 1 aromatic heterocycles. The summed E-state index contributed by atoms with van der Waals surface area (Å²) in [6, 6.07) is 36.5. The molecule has 5 aliphatic rings. The second kappa shape index (κ2) is 12.2. The Morgan fingerprint density at radius 2 is 1.44 bits per heavy atom. The van der Waals surface area contributed by atoms with E-state index in [2.05, 4.69) is 12.1 Å². The number of ether oxygens (including phenoxy) is 1. The number of nitrogens with zero attached hydrogens (tertiary/aromatic N) is 3. The van der Waals surface area contributed by atoms with Crippen molar-refractivity contribution < 1.29 is 19.1 Å². The fraction of sp³-hybridized carbons (Fsp3) is 0.196. The van der Waals surface area contributed by atoms with Crippen molar-refractivity contribution in [3.05, 3.63) is 180 Å². The fourth-order valence-electron chi connectivity index (χ4n) is 9.81. The van der Waals surface area contributed by atoms with Gasteiger partial charge in [-0.05, 0) is 77.6 Å². The van der Waals surface area contributed by atoms with E-state index in [0.29, 0.717) is 26.3 Å². The molecule has 5 aromatic carbocycles. The first kappa shape index (κ1) is 33.4. The topological polar surface area (TPSA) is 98.0 Å². The first-order chi connectivity index (χ1) is 26.7.